The second-order valence-electron chi connectivity index (χ2n) is 9.03. The molecular weight excluding hydrogens is 467 g/mol. The van der Waals surface area contributed by atoms with Gasteiger partial charge >= 0.3 is 0 Å². The van der Waals surface area contributed by atoms with Crippen LogP contribution in [0.2, 0.25) is 5.02 Å². The number of aromatic nitrogens is 3. The van der Waals surface area contributed by atoms with E-state index in [1.54, 1.807) is 32.2 Å². The van der Waals surface area contributed by atoms with E-state index in [1.165, 1.54) is 12.3 Å². The van der Waals surface area contributed by atoms with E-state index >= 15 is 0 Å². The van der Waals surface area contributed by atoms with E-state index in [1.807, 2.05) is 0 Å². The van der Waals surface area contributed by atoms with Crippen LogP contribution in [0.15, 0.2) is 36.8 Å². The molecule has 172 valence electrons. The van der Waals surface area contributed by atoms with Crippen molar-refractivity contribution in [3.63, 3.8) is 0 Å². The molecule has 5 rings (SSSR count). The average molecular weight is 489 g/mol. The van der Waals surface area contributed by atoms with Crippen LogP contribution in [0, 0.1) is 17.1 Å². The van der Waals surface area contributed by atoms with Gasteiger partial charge in [-0.1, -0.05) is 11.6 Å². The van der Waals surface area contributed by atoms with E-state index in [-0.39, 0.29) is 28.9 Å². The van der Waals surface area contributed by atoms with Crippen molar-refractivity contribution in [1.29, 1.82) is 5.41 Å². The van der Waals surface area contributed by atoms with Gasteiger partial charge in [0.1, 0.15) is 27.7 Å². The quantitative estimate of drug-likeness (QED) is 0.508. The molecule has 0 bridgehead atoms. The number of amidine groups is 1. The molecule has 33 heavy (non-hydrogen) atoms. The van der Waals surface area contributed by atoms with Crippen LogP contribution in [-0.4, -0.2) is 39.7 Å². The standard InChI is InChI=1S/C22H22ClFN6O2S/c1-21(11-33(31,32)22(2,13-3-4-13)20(25)30-21)15-8-17(27-10-16(15)24)29-19-18-12(5-6-26-19)7-14(23)9-28-18/h5-10,13H,3-4,11H2,1-2H3,(H2,25,30)(H,26,27,29)/t21-,22-/m0/s1. The van der Waals surface area contributed by atoms with Gasteiger partial charge in [0.05, 0.1) is 22.5 Å². The summed E-state index contributed by atoms with van der Waals surface area (Å²) < 4.78 is 40.2. The lowest BCUT2D eigenvalue weighted by atomic mass is 9.91. The first-order valence-electron chi connectivity index (χ1n) is 10.5. The maximum absolute atomic E-state index is 14.9. The molecule has 1 aliphatic heterocycles. The first kappa shape index (κ1) is 22.0. The Morgan fingerprint density at radius 1 is 1.21 bits per heavy atom. The predicted octanol–water partition coefficient (Wildman–Crippen LogP) is 3.94. The fourth-order valence-electron chi connectivity index (χ4n) is 4.53. The van der Waals surface area contributed by atoms with Crippen LogP contribution in [0.5, 0.6) is 0 Å². The summed E-state index contributed by atoms with van der Waals surface area (Å²) in [5.41, 5.74) is -0.672. The monoisotopic (exact) mass is 488 g/mol. The fraction of sp³-hybridized carbons (Fsp3) is 0.364. The molecule has 2 atom stereocenters. The molecule has 11 heteroatoms. The molecule has 1 aliphatic carbocycles. The lowest BCUT2D eigenvalue weighted by Crippen LogP contribution is -2.66. The molecule has 0 unspecified atom stereocenters. The Balaban J connectivity index is 1.52. The van der Waals surface area contributed by atoms with Crippen LogP contribution < -0.4 is 10.6 Å². The number of nitrogens with one attached hydrogen (secondary N) is 3. The zero-order valence-corrected chi connectivity index (χ0v) is 19.6. The number of sulfone groups is 1. The van der Waals surface area contributed by atoms with Crippen molar-refractivity contribution >= 4 is 49.8 Å². The summed E-state index contributed by atoms with van der Waals surface area (Å²) in [5, 5.41) is 15.8. The lowest BCUT2D eigenvalue weighted by Gasteiger charge is -2.45. The molecule has 4 heterocycles. The van der Waals surface area contributed by atoms with Crippen molar-refractivity contribution < 1.29 is 12.8 Å². The topological polar surface area (TPSA) is 121 Å². The molecule has 1 saturated carbocycles. The Morgan fingerprint density at radius 2 is 1.97 bits per heavy atom. The number of hydrogen-bond donors (Lipinski definition) is 3. The molecule has 0 aromatic carbocycles. The van der Waals surface area contributed by atoms with Crippen LogP contribution in [0.1, 0.15) is 32.3 Å². The number of pyridine rings is 3. The number of halogens is 2. The minimum Gasteiger partial charge on any atom is -0.362 e. The average Bonchev–Trinajstić information content (AvgIpc) is 3.58. The van der Waals surface area contributed by atoms with Crippen molar-refractivity contribution in [2.24, 2.45) is 5.92 Å². The second-order valence-corrected chi connectivity index (χ2v) is 11.8. The first-order chi connectivity index (χ1) is 15.5. The summed E-state index contributed by atoms with van der Waals surface area (Å²) in [6.45, 7) is 3.18. The Kier molecular flexibility index (Phi) is 4.88. The zero-order chi connectivity index (χ0) is 23.6. The maximum atomic E-state index is 14.9. The number of fused-ring (bicyclic) bond motifs is 1. The largest absolute Gasteiger partial charge is 0.362 e. The second kappa shape index (κ2) is 7.33. The zero-order valence-electron chi connectivity index (χ0n) is 18.0. The van der Waals surface area contributed by atoms with E-state index in [0.29, 0.717) is 16.4 Å². The van der Waals surface area contributed by atoms with Gasteiger partial charge in [-0.25, -0.2) is 22.8 Å². The first-order valence-corrected chi connectivity index (χ1v) is 12.5. The van der Waals surface area contributed by atoms with Gasteiger partial charge in [-0.05, 0) is 50.8 Å². The predicted molar refractivity (Wildman–Crippen MR) is 125 cm³/mol. The highest BCUT2D eigenvalue weighted by molar-refractivity contribution is 7.93. The third-order valence-corrected chi connectivity index (χ3v) is 9.63. The summed E-state index contributed by atoms with van der Waals surface area (Å²) in [5.74, 6) is -0.499. The van der Waals surface area contributed by atoms with Crippen molar-refractivity contribution in [2.75, 3.05) is 11.1 Å². The number of anilines is 2. The Labute approximate surface area is 195 Å². The van der Waals surface area contributed by atoms with Crippen LogP contribution >= 0.6 is 11.6 Å². The van der Waals surface area contributed by atoms with Gasteiger partial charge < -0.3 is 10.6 Å². The van der Waals surface area contributed by atoms with Gasteiger partial charge in [-0.15, -0.1) is 0 Å². The molecule has 0 radical (unpaired) electrons. The van der Waals surface area contributed by atoms with Crippen molar-refractivity contribution in [3.8, 4) is 0 Å². The van der Waals surface area contributed by atoms with Gasteiger partial charge in [0.2, 0.25) is 0 Å². The van der Waals surface area contributed by atoms with Crippen molar-refractivity contribution in [3.05, 3.63) is 53.2 Å². The molecule has 3 aromatic heterocycles. The molecule has 0 amide bonds. The molecule has 1 saturated heterocycles. The lowest BCUT2D eigenvalue weighted by molar-refractivity contribution is 0.410. The molecule has 3 N–H and O–H groups in total. The number of nitrogens with zero attached hydrogens (tertiary/aromatic N) is 3. The third kappa shape index (κ3) is 3.52. The van der Waals surface area contributed by atoms with Crippen LogP contribution in [-0.2, 0) is 15.4 Å². The Hall–Kier alpha value is -2.85. The van der Waals surface area contributed by atoms with E-state index in [9.17, 15) is 12.8 Å². The summed E-state index contributed by atoms with van der Waals surface area (Å²) in [7, 11) is -3.72. The van der Waals surface area contributed by atoms with Gasteiger partial charge in [0.25, 0.3) is 0 Å². The Morgan fingerprint density at radius 3 is 2.67 bits per heavy atom. The summed E-state index contributed by atoms with van der Waals surface area (Å²) in [4.78, 5) is 12.7. The van der Waals surface area contributed by atoms with E-state index in [0.717, 1.165) is 24.4 Å². The molecule has 0 spiro atoms. The molecule has 8 nitrogen and oxygen atoms in total. The smallest absolute Gasteiger partial charge is 0.165 e. The van der Waals surface area contributed by atoms with E-state index in [2.05, 4.69) is 25.6 Å². The van der Waals surface area contributed by atoms with E-state index in [4.69, 9.17) is 17.0 Å². The van der Waals surface area contributed by atoms with Crippen molar-refractivity contribution in [1.82, 2.24) is 20.3 Å². The number of hydrogen-bond acceptors (Lipinski definition) is 7. The van der Waals surface area contributed by atoms with Gasteiger partial charge in [-0.3, -0.25) is 10.4 Å². The summed E-state index contributed by atoms with van der Waals surface area (Å²) in [6, 6.07) is 4.96. The molecule has 2 fully saturated rings. The molecule has 2 aliphatic rings. The van der Waals surface area contributed by atoms with Gasteiger partial charge in [0.15, 0.2) is 15.7 Å². The SMILES string of the molecule is C[C@@]1(c2cc(Nc3nccc4cc(Cl)cnc34)ncc2F)CS(=O)(=O)[C@@](C)(C2CC2)C(=N)N1. The highest BCUT2D eigenvalue weighted by Gasteiger charge is 2.60. The summed E-state index contributed by atoms with van der Waals surface area (Å²) in [6.07, 6.45) is 5.66. The Bertz CT molecular complexity index is 1410. The third-order valence-electron chi connectivity index (χ3n) is 6.64. The highest BCUT2D eigenvalue weighted by atomic mass is 35.5. The molecular formula is C22H22ClFN6O2S. The van der Waals surface area contributed by atoms with E-state index < -0.39 is 25.9 Å². The van der Waals surface area contributed by atoms with Crippen LogP contribution in [0.25, 0.3) is 10.9 Å². The minimum atomic E-state index is -3.72. The molecule has 3 aromatic rings. The minimum absolute atomic E-state index is 0.0787. The van der Waals surface area contributed by atoms with Gasteiger partial charge in [0, 0.05) is 23.3 Å². The van der Waals surface area contributed by atoms with Crippen LogP contribution in [0.4, 0.5) is 16.0 Å². The van der Waals surface area contributed by atoms with Gasteiger partial charge in [-0.2, -0.15) is 0 Å². The maximum Gasteiger partial charge on any atom is 0.165 e. The normalized spacial score (nSPS) is 26.7. The number of rotatable bonds is 4. The summed E-state index contributed by atoms with van der Waals surface area (Å²) >= 11 is 6.02. The van der Waals surface area contributed by atoms with Crippen molar-refractivity contribution in [2.45, 2.75) is 37.0 Å². The van der Waals surface area contributed by atoms with Crippen LogP contribution in [0.3, 0.4) is 0 Å². The fourth-order valence-corrected chi connectivity index (χ4v) is 7.09. The highest BCUT2D eigenvalue weighted by Crippen LogP contribution is 2.48.